The predicted octanol–water partition coefficient (Wildman–Crippen LogP) is 4.49. The predicted molar refractivity (Wildman–Crippen MR) is 128 cm³/mol. The lowest BCUT2D eigenvalue weighted by Crippen LogP contribution is -2.38. The summed E-state index contributed by atoms with van der Waals surface area (Å²) in [6.45, 7) is 5.78. The molecule has 0 aromatic heterocycles. The van der Waals surface area contributed by atoms with E-state index in [4.69, 9.17) is 9.47 Å². The van der Waals surface area contributed by atoms with Gasteiger partial charge in [-0.1, -0.05) is 12.1 Å². The number of amides is 1. The van der Waals surface area contributed by atoms with E-state index in [1.165, 1.54) is 12.1 Å². The summed E-state index contributed by atoms with van der Waals surface area (Å²) in [5.74, 6) is -1.02. The summed E-state index contributed by atoms with van der Waals surface area (Å²) in [4.78, 5) is 36.8. The minimum atomic E-state index is -0.703. The van der Waals surface area contributed by atoms with Crippen LogP contribution >= 0.6 is 0 Å². The highest BCUT2D eigenvalue weighted by molar-refractivity contribution is 6.02. The highest BCUT2D eigenvalue weighted by Gasteiger charge is 2.39. The molecule has 1 aliphatic carbocycles. The van der Waals surface area contributed by atoms with E-state index in [2.05, 4.69) is 5.32 Å². The van der Waals surface area contributed by atoms with Crippen molar-refractivity contribution in [1.82, 2.24) is 5.32 Å². The number of ether oxygens (including phenoxy) is 2. The number of phenols is 1. The van der Waals surface area contributed by atoms with Gasteiger partial charge in [0.15, 0.2) is 11.5 Å². The van der Waals surface area contributed by atoms with E-state index in [1.807, 2.05) is 38.1 Å². The van der Waals surface area contributed by atoms with Gasteiger partial charge in [0.05, 0.1) is 17.6 Å². The minimum absolute atomic E-state index is 0.0238. The number of ketones is 1. The molecule has 2 aromatic rings. The molecule has 2 unspecified atom stereocenters. The van der Waals surface area contributed by atoms with Crippen LogP contribution in [0.2, 0.25) is 0 Å². The van der Waals surface area contributed by atoms with E-state index in [-0.39, 0.29) is 48.9 Å². The number of aromatic hydroxyl groups is 1. The summed E-state index contributed by atoms with van der Waals surface area (Å²) >= 11 is 0. The monoisotopic (exact) mass is 480 g/mol. The molecule has 1 amide bonds. The van der Waals surface area contributed by atoms with Crippen molar-refractivity contribution >= 4 is 17.4 Å². The number of nitrogens with one attached hydrogen (secondary N) is 1. The van der Waals surface area contributed by atoms with Gasteiger partial charge in [0, 0.05) is 36.1 Å². The summed E-state index contributed by atoms with van der Waals surface area (Å²) in [5.41, 5.74) is 1.84. The van der Waals surface area contributed by atoms with Crippen LogP contribution in [-0.2, 0) is 9.59 Å². The van der Waals surface area contributed by atoms with E-state index in [0.717, 1.165) is 11.3 Å². The molecule has 1 heterocycles. The Morgan fingerprint density at radius 3 is 2.46 bits per heavy atom. The van der Waals surface area contributed by atoms with Crippen LogP contribution in [-0.4, -0.2) is 34.4 Å². The van der Waals surface area contributed by atoms with Crippen LogP contribution in [0.1, 0.15) is 63.0 Å². The van der Waals surface area contributed by atoms with Gasteiger partial charge in [0.25, 0.3) is 0 Å². The van der Waals surface area contributed by atoms with Gasteiger partial charge < -0.3 is 19.9 Å². The lowest BCUT2D eigenvalue weighted by molar-refractivity contribution is -0.386. The number of hydrogen-bond donors (Lipinski definition) is 2. The van der Waals surface area contributed by atoms with Crippen molar-refractivity contribution in [2.45, 2.75) is 58.0 Å². The first-order chi connectivity index (χ1) is 16.7. The van der Waals surface area contributed by atoms with Gasteiger partial charge in [-0.05, 0) is 62.4 Å². The average molecular weight is 481 g/mol. The van der Waals surface area contributed by atoms with Gasteiger partial charge in [-0.3, -0.25) is 19.7 Å². The summed E-state index contributed by atoms with van der Waals surface area (Å²) in [6, 6.07) is 10.3. The number of hydrogen-bond acceptors (Lipinski definition) is 7. The number of nitro benzene ring substituents is 1. The third kappa shape index (κ3) is 4.99. The fourth-order valence-electron chi connectivity index (χ4n) is 4.79. The fraction of sp³-hybridized carbons (Fsp3) is 0.385. The topological polar surface area (TPSA) is 128 Å². The zero-order chi connectivity index (χ0) is 25.3. The first-order valence-corrected chi connectivity index (χ1v) is 11.6. The van der Waals surface area contributed by atoms with Gasteiger partial charge in [0.1, 0.15) is 5.75 Å². The molecule has 0 saturated heterocycles. The number of carbonyl (C=O) groups is 2. The van der Waals surface area contributed by atoms with E-state index < -0.39 is 22.3 Å². The van der Waals surface area contributed by atoms with Gasteiger partial charge in [-0.2, -0.15) is 0 Å². The van der Waals surface area contributed by atoms with Crippen molar-refractivity contribution in [3.05, 3.63) is 68.9 Å². The number of nitro groups is 1. The second-order valence-electron chi connectivity index (χ2n) is 9.04. The van der Waals surface area contributed by atoms with Crippen molar-refractivity contribution in [3.63, 3.8) is 0 Å². The number of nitrogens with zero attached hydrogens (tertiary/aromatic N) is 1. The second kappa shape index (κ2) is 9.77. The molecule has 2 atom stereocenters. The molecular formula is C26H28N2O7. The van der Waals surface area contributed by atoms with Crippen molar-refractivity contribution in [2.75, 3.05) is 6.61 Å². The summed E-state index contributed by atoms with van der Waals surface area (Å²) in [6.07, 6.45) is 0.753. The summed E-state index contributed by atoms with van der Waals surface area (Å²) < 4.78 is 11.1. The highest BCUT2D eigenvalue weighted by atomic mass is 16.6. The minimum Gasteiger partial charge on any atom is -0.500 e. The molecule has 2 aromatic carbocycles. The van der Waals surface area contributed by atoms with Crippen LogP contribution in [0.3, 0.4) is 0 Å². The molecule has 4 rings (SSSR count). The molecule has 0 spiro atoms. The van der Waals surface area contributed by atoms with Crippen LogP contribution in [0.25, 0.3) is 0 Å². The molecule has 184 valence electrons. The largest absolute Gasteiger partial charge is 0.500 e. The molecular weight excluding hydrogens is 452 g/mol. The van der Waals surface area contributed by atoms with E-state index in [1.54, 1.807) is 6.92 Å². The average Bonchev–Trinajstić information content (AvgIpc) is 2.79. The molecule has 2 N–H and O–H groups in total. The molecule has 0 saturated carbocycles. The van der Waals surface area contributed by atoms with E-state index in [0.29, 0.717) is 23.3 Å². The van der Waals surface area contributed by atoms with Crippen molar-refractivity contribution in [2.24, 2.45) is 0 Å². The smallest absolute Gasteiger partial charge is 0.314 e. The van der Waals surface area contributed by atoms with Crippen LogP contribution in [0.5, 0.6) is 17.2 Å². The first-order valence-electron chi connectivity index (χ1n) is 11.6. The normalized spacial score (nSPS) is 19.9. The number of carbonyl (C=O) groups excluding carboxylic acids is 2. The van der Waals surface area contributed by atoms with Crippen molar-refractivity contribution < 1.29 is 29.1 Å². The molecule has 9 nitrogen and oxygen atoms in total. The summed E-state index contributed by atoms with van der Waals surface area (Å²) in [7, 11) is 0. The lowest BCUT2D eigenvalue weighted by atomic mass is 9.73. The maximum Gasteiger partial charge on any atom is 0.314 e. The molecule has 0 bridgehead atoms. The Bertz CT molecular complexity index is 1200. The van der Waals surface area contributed by atoms with Crippen molar-refractivity contribution in [1.29, 1.82) is 0 Å². The first kappa shape index (κ1) is 24.3. The maximum atomic E-state index is 13.4. The highest BCUT2D eigenvalue weighted by Crippen LogP contribution is 2.46. The Morgan fingerprint density at radius 1 is 1.11 bits per heavy atom. The second-order valence-corrected chi connectivity index (χ2v) is 9.04. The quantitative estimate of drug-likeness (QED) is 0.441. The standard InChI is InChI=1S/C26H28N2O7/c1-4-34-23-12-17(10-21(26(23)31)28(32)33)19-13-24(30)27-20-9-16(11-22(29)25(19)20)15-5-7-18(8-6-15)35-14(2)3/h5-8,10,12,14,16,19,31H,4,9,11,13H2,1-3H3,(H,27,30). The van der Waals surface area contributed by atoms with Gasteiger partial charge in [-0.15, -0.1) is 0 Å². The van der Waals surface area contributed by atoms with Crippen LogP contribution < -0.4 is 14.8 Å². The Labute approximate surface area is 202 Å². The Hall–Kier alpha value is -3.88. The Morgan fingerprint density at radius 2 is 1.83 bits per heavy atom. The van der Waals surface area contributed by atoms with Crippen LogP contribution in [0, 0.1) is 10.1 Å². The van der Waals surface area contributed by atoms with E-state index in [9.17, 15) is 24.8 Å². The van der Waals surface area contributed by atoms with Crippen LogP contribution in [0.4, 0.5) is 5.69 Å². The third-order valence-corrected chi connectivity index (χ3v) is 6.24. The van der Waals surface area contributed by atoms with Crippen LogP contribution in [0.15, 0.2) is 47.7 Å². The number of Topliss-reactive ketones (excluding diaryl/α,β-unsaturated/α-hetero) is 1. The SMILES string of the molecule is CCOc1cc(C2CC(=O)NC3=C2C(=O)CC(c2ccc(OC(C)C)cc2)C3)cc([N+](=O)[O-])c1O. The number of allylic oxidation sites excluding steroid dienone is 2. The number of benzene rings is 2. The molecule has 0 fully saturated rings. The molecule has 0 radical (unpaired) electrons. The van der Waals surface area contributed by atoms with Gasteiger partial charge in [0.2, 0.25) is 11.7 Å². The zero-order valence-corrected chi connectivity index (χ0v) is 19.9. The van der Waals surface area contributed by atoms with Gasteiger partial charge >= 0.3 is 5.69 Å². The Kier molecular flexibility index (Phi) is 6.77. The number of phenolic OH excluding ortho intramolecular Hbond substituents is 1. The fourth-order valence-corrected chi connectivity index (χ4v) is 4.79. The van der Waals surface area contributed by atoms with Gasteiger partial charge in [-0.25, -0.2) is 0 Å². The Balaban J connectivity index is 1.69. The molecule has 2 aliphatic rings. The maximum absolute atomic E-state index is 13.4. The van der Waals surface area contributed by atoms with E-state index >= 15 is 0 Å². The summed E-state index contributed by atoms with van der Waals surface area (Å²) in [5, 5.41) is 24.6. The molecule has 35 heavy (non-hydrogen) atoms. The lowest BCUT2D eigenvalue weighted by Gasteiger charge is -2.34. The zero-order valence-electron chi connectivity index (χ0n) is 19.9. The third-order valence-electron chi connectivity index (χ3n) is 6.24. The van der Waals surface area contributed by atoms with Crippen molar-refractivity contribution in [3.8, 4) is 17.2 Å². The molecule has 9 heteroatoms. The number of rotatable bonds is 7. The molecule has 1 aliphatic heterocycles.